The molecule has 0 unspecified atom stereocenters. The van der Waals surface area contributed by atoms with Crippen molar-refractivity contribution in [3.63, 3.8) is 0 Å². The molecule has 0 aromatic heterocycles. The van der Waals surface area contributed by atoms with Crippen molar-refractivity contribution in [3.8, 4) is 0 Å². The molecule has 0 bridgehead atoms. The van der Waals surface area contributed by atoms with E-state index >= 15 is 0 Å². The molecule has 0 saturated carbocycles. The first-order chi connectivity index (χ1) is 12.1. The van der Waals surface area contributed by atoms with Gasteiger partial charge in [-0.1, -0.05) is 30.3 Å². The van der Waals surface area contributed by atoms with E-state index in [-0.39, 0.29) is 5.75 Å². The predicted octanol–water partition coefficient (Wildman–Crippen LogP) is 3.22. The van der Waals surface area contributed by atoms with E-state index in [9.17, 15) is 8.42 Å². The van der Waals surface area contributed by atoms with E-state index in [2.05, 4.69) is 17.0 Å². The second-order valence-corrected chi connectivity index (χ2v) is 8.89. The van der Waals surface area contributed by atoms with Crippen LogP contribution in [0.1, 0.15) is 24.0 Å². The number of nitrogens with zero attached hydrogens (tertiary/aromatic N) is 2. The Morgan fingerprint density at radius 1 is 0.920 bits per heavy atom. The summed E-state index contributed by atoms with van der Waals surface area (Å²) in [5.74, 6) is 0.157. The SMILES string of the molecule is O=S(=O)(CCc1ccccc1)N1CCc2cc(N3CCCC3)ccc21. The lowest BCUT2D eigenvalue weighted by atomic mass is 10.1. The van der Waals surface area contributed by atoms with Crippen LogP contribution >= 0.6 is 0 Å². The van der Waals surface area contributed by atoms with Gasteiger partial charge in [0.15, 0.2) is 0 Å². The number of anilines is 2. The maximum Gasteiger partial charge on any atom is 0.235 e. The van der Waals surface area contributed by atoms with Crippen LogP contribution in [-0.4, -0.2) is 33.8 Å². The summed E-state index contributed by atoms with van der Waals surface area (Å²) >= 11 is 0. The minimum Gasteiger partial charge on any atom is -0.372 e. The smallest absolute Gasteiger partial charge is 0.235 e. The number of sulfonamides is 1. The Labute approximate surface area is 150 Å². The van der Waals surface area contributed by atoms with Crippen molar-refractivity contribution >= 4 is 21.4 Å². The van der Waals surface area contributed by atoms with Gasteiger partial charge in [0.1, 0.15) is 0 Å². The lowest BCUT2D eigenvalue weighted by Gasteiger charge is -2.21. The molecule has 25 heavy (non-hydrogen) atoms. The summed E-state index contributed by atoms with van der Waals surface area (Å²) in [7, 11) is -3.28. The van der Waals surface area contributed by atoms with Crippen molar-refractivity contribution in [2.75, 3.05) is 34.6 Å². The summed E-state index contributed by atoms with van der Waals surface area (Å²) < 4.78 is 27.3. The quantitative estimate of drug-likeness (QED) is 0.826. The summed E-state index contributed by atoms with van der Waals surface area (Å²) in [6.45, 7) is 2.78. The van der Waals surface area contributed by atoms with Crippen molar-refractivity contribution in [2.24, 2.45) is 0 Å². The Kier molecular flexibility index (Phi) is 4.42. The van der Waals surface area contributed by atoms with Gasteiger partial charge in [0.2, 0.25) is 10.0 Å². The normalized spacial score (nSPS) is 17.1. The lowest BCUT2D eigenvalue weighted by Crippen LogP contribution is -2.32. The van der Waals surface area contributed by atoms with Crippen LogP contribution in [0.2, 0.25) is 0 Å². The Balaban J connectivity index is 1.51. The average Bonchev–Trinajstić information content (AvgIpc) is 3.30. The van der Waals surface area contributed by atoms with Gasteiger partial charge in [-0.3, -0.25) is 4.31 Å². The minimum absolute atomic E-state index is 0.157. The highest BCUT2D eigenvalue weighted by molar-refractivity contribution is 7.92. The van der Waals surface area contributed by atoms with E-state index in [0.717, 1.165) is 36.3 Å². The number of benzene rings is 2. The number of rotatable bonds is 5. The highest BCUT2D eigenvalue weighted by atomic mass is 32.2. The molecule has 5 heteroatoms. The maximum absolute atomic E-state index is 12.8. The number of hydrogen-bond acceptors (Lipinski definition) is 3. The van der Waals surface area contributed by atoms with Crippen LogP contribution in [-0.2, 0) is 22.9 Å². The van der Waals surface area contributed by atoms with Gasteiger partial charge < -0.3 is 4.90 Å². The Morgan fingerprint density at radius 3 is 2.44 bits per heavy atom. The van der Waals surface area contributed by atoms with E-state index in [4.69, 9.17) is 0 Å². The molecule has 0 amide bonds. The molecule has 0 N–H and O–H groups in total. The number of aryl methyl sites for hydroxylation is 1. The van der Waals surface area contributed by atoms with Crippen molar-refractivity contribution in [1.82, 2.24) is 0 Å². The first-order valence-corrected chi connectivity index (χ1v) is 10.7. The molecule has 0 aliphatic carbocycles. The zero-order valence-corrected chi connectivity index (χ0v) is 15.2. The van der Waals surface area contributed by atoms with Crippen LogP contribution in [0, 0.1) is 0 Å². The van der Waals surface area contributed by atoms with Crippen molar-refractivity contribution in [1.29, 1.82) is 0 Å². The van der Waals surface area contributed by atoms with Gasteiger partial charge in [0.05, 0.1) is 11.4 Å². The lowest BCUT2D eigenvalue weighted by molar-refractivity contribution is 0.591. The van der Waals surface area contributed by atoms with Crippen LogP contribution < -0.4 is 9.21 Å². The highest BCUT2D eigenvalue weighted by Gasteiger charge is 2.29. The van der Waals surface area contributed by atoms with Gasteiger partial charge in [0, 0.05) is 25.3 Å². The third kappa shape index (κ3) is 3.38. The fraction of sp³-hybridized carbons (Fsp3) is 0.400. The molecular weight excluding hydrogens is 332 g/mol. The van der Waals surface area contributed by atoms with Crippen molar-refractivity contribution < 1.29 is 8.42 Å². The molecule has 2 aromatic rings. The first kappa shape index (κ1) is 16.5. The van der Waals surface area contributed by atoms with Gasteiger partial charge in [-0.2, -0.15) is 0 Å². The minimum atomic E-state index is -3.28. The molecule has 2 aromatic carbocycles. The molecular formula is C20H24N2O2S. The first-order valence-electron chi connectivity index (χ1n) is 9.06. The molecule has 2 aliphatic heterocycles. The summed E-state index contributed by atoms with van der Waals surface area (Å²) in [4.78, 5) is 2.40. The van der Waals surface area contributed by atoms with Gasteiger partial charge in [-0.05, 0) is 55.0 Å². The third-order valence-electron chi connectivity index (χ3n) is 5.21. The summed E-state index contributed by atoms with van der Waals surface area (Å²) in [6, 6.07) is 16.1. The predicted molar refractivity (Wildman–Crippen MR) is 103 cm³/mol. The van der Waals surface area contributed by atoms with Crippen molar-refractivity contribution in [2.45, 2.75) is 25.7 Å². The molecule has 0 spiro atoms. The van der Waals surface area contributed by atoms with Gasteiger partial charge in [-0.25, -0.2) is 8.42 Å². The highest BCUT2D eigenvalue weighted by Crippen LogP contribution is 2.34. The Morgan fingerprint density at radius 2 is 1.68 bits per heavy atom. The Hall–Kier alpha value is -2.01. The van der Waals surface area contributed by atoms with E-state index in [0.29, 0.717) is 13.0 Å². The van der Waals surface area contributed by atoms with Crippen LogP contribution in [0.5, 0.6) is 0 Å². The summed E-state index contributed by atoms with van der Waals surface area (Å²) in [5, 5.41) is 0. The van der Waals surface area contributed by atoms with Crippen LogP contribution in [0.15, 0.2) is 48.5 Å². The van der Waals surface area contributed by atoms with Crippen LogP contribution in [0.4, 0.5) is 11.4 Å². The summed E-state index contributed by atoms with van der Waals surface area (Å²) in [5.41, 5.74) is 4.33. The molecule has 1 saturated heterocycles. The molecule has 2 heterocycles. The molecule has 1 fully saturated rings. The van der Waals surface area contributed by atoms with Crippen LogP contribution in [0.25, 0.3) is 0 Å². The second kappa shape index (κ2) is 6.71. The number of fused-ring (bicyclic) bond motifs is 1. The summed E-state index contributed by atoms with van der Waals surface area (Å²) in [6.07, 6.45) is 3.86. The van der Waals surface area contributed by atoms with Crippen molar-refractivity contribution in [3.05, 3.63) is 59.7 Å². The van der Waals surface area contributed by atoms with E-state index in [1.165, 1.54) is 18.5 Å². The standard InChI is InChI=1S/C20H24N2O2S/c23-25(24,15-11-17-6-2-1-3-7-17)22-14-10-18-16-19(8-9-20(18)22)21-12-4-5-13-21/h1-3,6-9,16H,4-5,10-15H2. The third-order valence-corrected chi connectivity index (χ3v) is 6.99. The zero-order valence-electron chi connectivity index (χ0n) is 14.4. The van der Waals surface area contributed by atoms with E-state index in [1.807, 2.05) is 36.4 Å². The van der Waals surface area contributed by atoms with Gasteiger partial charge in [-0.15, -0.1) is 0 Å². The molecule has 0 radical (unpaired) electrons. The molecule has 132 valence electrons. The van der Waals surface area contributed by atoms with Gasteiger partial charge >= 0.3 is 0 Å². The second-order valence-electron chi connectivity index (χ2n) is 6.88. The maximum atomic E-state index is 12.8. The topological polar surface area (TPSA) is 40.6 Å². The van der Waals surface area contributed by atoms with Crippen LogP contribution in [0.3, 0.4) is 0 Å². The average molecular weight is 356 g/mol. The molecule has 2 aliphatic rings. The largest absolute Gasteiger partial charge is 0.372 e. The number of hydrogen-bond donors (Lipinski definition) is 0. The Bertz CT molecular complexity index is 843. The zero-order chi connectivity index (χ0) is 17.3. The molecule has 4 rings (SSSR count). The van der Waals surface area contributed by atoms with Gasteiger partial charge in [0.25, 0.3) is 0 Å². The fourth-order valence-corrected chi connectivity index (χ4v) is 5.38. The molecule has 0 atom stereocenters. The molecule has 4 nitrogen and oxygen atoms in total. The fourth-order valence-electron chi connectivity index (χ4n) is 3.82. The van der Waals surface area contributed by atoms with E-state index < -0.39 is 10.0 Å². The van der Waals surface area contributed by atoms with E-state index in [1.54, 1.807) is 4.31 Å². The monoisotopic (exact) mass is 356 g/mol.